The average molecular weight is 441 g/mol. The van der Waals surface area contributed by atoms with Gasteiger partial charge in [0.2, 0.25) is 11.8 Å². The first-order valence-electron chi connectivity index (χ1n) is 11.3. The lowest BCUT2D eigenvalue weighted by Gasteiger charge is -2.24. The van der Waals surface area contributed by atoms with E-state index in [1.54, 1.807) is 11.3 Å². The smallest absolute Gasteiger partial charge is 0.236 e. The van der Waals surface area contributed by atoms with E-state index in [4.69, 9.17) is 4.98 Å². The quantitative estimate of drug-likeness (QED) is 0.717. The first-order valence-corrected chi connectivity index (χ1v) is 12.1. The maximum atomic E-state index is 13.1. The minimum absolute atomic E-state index is 0.157. The molecule has 2 aromatic rings. The molecular formula is C24H32N4O2S. The van der Waals surface area contributed by atoms with Crippen molar-refractivity contribution >= 4 is 23.2 Å². The molecule has 0 N–H and O–H groups in total. The second kappa shape index (κ2) is 9.92. The van der Waals surface area contributed by atoms with Crippen molar-refractivity contribution < 1.29 is 9.59 Å². The molecule has 2 fully saturated rings. The van der Waals surface area contributed by atoms with Crippen LogP contribution in [0.15, 0.2) is 24.3 Å². The number of hydrogen-bond acceptors (Lipinski definition) is 5. The molecule has 0 atom stereocenters. The van der Waals surface area contributed by atoms with Crippen molar-refractivity contribution in [3.63, 3.8) is 0 Å². The Hall–Kier alpha value is -2.25. The summed E-state index contributed by atoms with van der Waals surface area (Å²) in [5, 5.41) is 0.987. The molecule has 2 aliphatic heterocycles. The van der Waals surface area contributed by atoms with Crippen molar-refractivity contribution in [1.29, 1.82) is 0 Å². The average Bonchev–Trinajstić information content (AvgIpc) is 3.34. The third-order valence-corrected chi connectivity index (χ3v) is 7.17. The van der Waals surface area contributed by atoms with Gasteiger partial charge < -0.3 is 9.80 Å². The fraction of sp³-hybridized carbons (Fsp3) is 0.542. The SMILES string of the molecule is Cc1ccc(-c2nc(C)sc2CC(=O)N2CCCN(CC(=O)N3CCCC3)CC2)cc1. The lowest BCUT2D eigenvalue weighted by molar-refractivity contribution is -0.131. The van der Waals surface area contributed by atoms with Gasteiger partial charge in [-0.2, -0.15) is 0 Å². The zero-order valence-electron chi connectivity index (χ0n) is 18.6. The Bertz CT molecular complexity index is 918. The molecule has 1 aromatic heterocycles. The summed E-state index contributed by atoms with van der Waals surface area (Å²) in [7, 11) is 0. The minimum atomic E-state index is 0.157. The minimum Gasteiger partial charge on any atom is -0.342 e. The Labute approximate surface area is 188 Å². The topological polar surface area (TPSA) is 56.8 Å². The molecule has 0 radical (unpaired) electrons. The van der Waals surface area contributed by atoms with E-state index >= 15 is 0 Å². The van der Waals surface area contributed by atoms with Crippen LogP contribution in [0.2, 0.25) is 0 Å². The number of aryl methyl sites for hydroxylation is 2. The number of thiazole rings is 1. The van der Waals surface area contributed by atoms with Crippen molar-refractivity contribution in [3.8, 4) is 11.3 Å². The summed E-state index contributed by atoms with van der Waals surface area (Å²) in [5.74, 6) is 0.393. The highest BCUT2D eigenvalue weighted by Crippen LogP contribution is 2.29. The van der Waals surface area contributed by atoms with Crippen LogP contribution in [0.3, 0.4) is 0 Å². The van der Waals surface area contributed by atoms with Crippen LogP contribution in [0.5, 0.6) is 0 Å². The molecule has 0 unspecified atom stereocenters. The van der Waals surface area contributed by atoms with Gasteiger partial charge in [0.25, 0.3) is 0 Å². The van der Waals surface area contributed by atoms with Gasteiger partial charge in [-0.25, -0.2) is 4.98 Å². The number of aromatic nitrogens is 1. The molecule has 0 saturated carbocycles. The van der Waals surface area contributed by atoms with E-state index in [9.17, 15) is 9.59 Å². The Morgan fingerprint density at radius 1 is 0.871 bits per heavy atom. The Morgan fingerprint density at radius 3 is 2.29 bits per heavy atom. The summed E-state index contributed by atoms with van der Waals surface area (Å²) in [5.41, 5.74) is 3.22. The van der Waals surface area contributed by atoms with Gasteiger partial charge in [0.15, 0.2) is 0 Å². The molecule has 2 aliphatic rings. The molecular weight excluding hydrogens is 408 g/mol. The van der Waals surface area contributed by atoms with Crippen LogP contribution in [0, 0.1) is 13.8 Å². The zero-order chi connectivity index (χ0) is 21.8. The van der Waals surface area contributed by atoms with Crippen LogP contribution in [-0.4, -0.2) is 77.3 Å². The van der Waals surface area contributed by atoms with Crippen molar-refractivity contribution in [1.82, 2.24) is 19.7 Å². The van der Waals surface area contributed by atoms with E-state index in [0.29, 0.717) is 19.5 Å². The molecule has 31 heavy (non-hydrogen) atoms. The third kappa shape index (κ3) is 5.52. The second-order valence-corrected chi connectivity index (χ2v) is 9.93. The Balaban J connectivity index is 1.36. The Morgan fingerprint density at radius 2 is 1.55 bits per heavy atom. The van der Waals surface area contributed by atoms with Crippen molar-refractivity contribution in [3.05, 3.63) is 39.7 Å². The fourth-order valence-corrected chi connectivity index (χ4v) is 5.36. The molecule has 1 aromatic carbocycles. The molecule has 3 heterocycles. The molecule has 6 nitrogen and oxygen atoms in total. The molecule has 0 bridgehead atoms. The van der Waals surface area contributed by atoms with Crippen molar-refractivity contribution in [2.45, 2.75) is 39.5 Å². The predicted molar refractivity (Wildman–Crippen MR) is 124 cm³/mol. The number of amides is 2. The third-order valence-electron chi connectivity index (χ3n) is 6.20. The van der Waals surface area contributed by atoms with Gasteiger partial charge in [-0.1, -0.05) is 29.8 Å². The van der Waals surface area contributed by atoms with Gasteiger partial charge in [0.1, 0.15) is 0 Å². The summed E-state index contributed by atoms with van der Waals surface area (Å²) in [6, 6.07) is 8.34. The van der Waals surface area contributed by atoms with Gasteiger partial charge in [0.05, 0.1) is 23.7 Å². The summed E-state index contributed by atoms with van der Waals surface area (Å²) in [6.07, 6.45) is 3.54. The largest absolute Gasteiger partial charge is 0.342 e. The van der Waals surface area contributed by atoms with E-state index in [1.807, 2.05) is 16.7 Å². The standard InChI is InChI=1S/C24H32N4O2S/c1-18-6-8-20(9-7-18)24-21(31-19(2)25-24)16-22(29)28-13-5-10-26(14-15-28)17-23(30)27-11-3-4-12-27/h6-9H,3-5,10-17H2,1-2H3. The van der Waals surface area contributed by atoms with E-state index in [2.05, 4.69) is 36.1 Å². The van der Waals surface area contributed by atoms with Crippen molar-refractivity contribution in [2.24, 2.45) is 0 Å². The highest BCUT2D eigenvalue weighted by molar-refractivity contribution is 7.12. The molecule has 0 spiro atoms. The van der Waals surface area contributed by atoms with E-state index in [0.717, 1.165) is 73.1 Å². The summed E-state index contributed by atoms with van der Waals surface area (Å²) in [4.78, 5) is 37.5. The van der Waals surface area contributed by atoms with Crippen molar-refractivity contribution in [2.75, 3.05) is 45.8 Å². The lowest BCUT2D eigenvalue weighted by atomic mass is 10.1. The van der Waals surface area contributed by atoms with Gasteiger partial charge in [-0.3, -0.25) is 14.5 Å². The van der Waals surface area contributed by atoms with Crippen LogP contribution in [0.1, 0.15) is 34.7 Å². The zero-order valence-corrected chi connectivity index (χ0v) is 19.4. The fourth-order valence-electron chi connectivity index (χ4n) is 4.41. The first kappa shape index (κ1) is 22.0. The molecule has 2 amide bonds. The number of rotatable bonds is 5. The number of hydrogen-bond donors (Lipinski definition) is 0. The molecule has 7 heteroatoms. The molecule has 166 valence electrons. The number of benzene rings is 1. The normalized spacial score (nSPS) is 17.7. The molecule has 2 saturated heterocycles. The van der Waals surface area contributed by atoms with Crippen LogP contribution in [0.4, 0.5) is 0 Å². The predicted octanol–water partition coefficient (Wildman–Crippen LogP) is 3.13. The van der Waals surface area contributed by atoms with Crippen LogP contribution in [0.25, 0.3) is 11.3 Å². The Kier molecular flexibility index (Phi) is 7.02. The number of carbonyl (C=O) groups is 2. The van der Waals surface area contributed by atoms with Gasteiger partial charge in [-0.15, -0.1) is 11.3 Å². The highest BCUT2D eigenvalue weighted by atomic mass is 32.1. The first-order chi connectivity index (χ1) is 15.0. The van der Waals surface area contributed by atoms with Gasteiger partial charge in [-0.05, 0) is 33.1 Å². The van der Waals surface area contributed by atoms with Gasteiger partial charge in [0, 0.05) is 49.7 Å². The maximum Gasteiger partial charge on any atom is 0.236 e. The lowest BCUT2D eigenvalue weighted by Crippen LogP contribution is -2.41. The summed E-state index contributed by atoms with van der Waals surface area (Å²) < 4.78 is 0. The highest BCUT2D eigenvalue weighted by Gasteiger charge is 2.25. The monoisotopic (exact) mass is 440 g/mol. The second-order valence-electron chi connectivity index (χ2n) is 8.65. The summed E-state index contributed by atoms with van der Waals surface area (Å²) >= 11 is 1.61. The van der Waals surface area contributed by atoms with E-state index < -0.39 is 0 Å². The summed E-state index contributed by atoms with van der Waals surface area (Å²) in [6.45, 7) is 9.42. The molecule has 4 rings (SSSR count). The van der Waals surface area contributed by atoms with Crippen LogP contribution in [-0.2, 0) is 16.0 Å². The number of likely N-dealkylation sites (tertiary alicyclic amines) is 1. The maximum absolute atomic E-state index is 13.1. The van der Waals surface area contributed by atoms with Crippen LogP contribution < -0.4 is 0 Å². The van der Waals surface area contributed by atoms with E-state index in [1.165, 1.54) is 5.56 Å². The van der Waals surface area contributed by atoms with Crippen LogP contribution >= 0.6 is 11.3 Å². The number of nitrogens with zero attached hydrogens (tertiary/aromatic N) is 4. The molecule has 0 aliphatic carbocycles. The van der Waals surface area contributed by atoms with Gasteiger partial charge >= 0.3 is 0 Å². The van der Waals surface area contributed by atoms with E-state index in [-0.39, 0.29) is 11.8 Å². The number of carbonyl (C=O) groups excluding carboxylic acids is 2.